The minimum Gasteiger partial charge on any atom is -0.207 e. The third kappa shape index (κ3) is 2.82. The molecule has 82 valence electrons. The molecule has 1 aromatic rings. The molecule has 0 bridgehead atoms. The summed E-state index contributed by atoms with van der Waals surface area (Å²) in [5, 5.41) is 0. The average molecular weight is 336 g/mol. The molecule has 1 fully saturated rings. The second-order valence-electron chi connectivity index (χ2n) is 4.15. The van der Waals surface area contributed by atoms with Crippen LogP contribution in [0.3, 0.4) is 0 Å². The molecule has 15 heavy (non-hydrogen) atoms. The number of benzene rings is 1. The molecule has 0 amide bonds. The zero-order valence-corrected chi connectivity index (χ0v) is 11.5. The van der Waals surface area contributed by atoms with E-state index in [0.29, 0.717) is 10.7 Å². The molecule has 0 spiro atoms. The highest BCUT2D eigenvalue weighted by molar-refractivity contribution is 9.10. The summed E-state index contributed by atoms with van der Waals surface area (Å²) in [6.45, 7) is 0. The molecule has 1 aliphatic carbocycles. The van der Waals surface area contributed by atoms with Gasteiger partial charge >= 0.3 is 0 Å². The SMILES string of the molecule is Fc1ccc(Br)cc1CC1CCCC1Br. The van der Waals surface area contributed by atoms with Gasteiger partial charge < -0.3 is 0 Å². The van der Waals surface area contributed by atoms with E-state index in [4.69, 9.17) is 0 Å². The predicted molar refractivity (Wildman–Crippen MR) is 67.9 cm³/mol. The van der Waals surface area contributed by atoms with Crippen LogP contribution in [0.4, 0.5) is 4.39 Å². The Morgan fingerprint density at radius 3 is 2.80 bits per heavy atom. The quantitative estimate of drug-likeness (QED) is 0.687. The van der Waals surface area contributed by atoms with Gasteiger partial charge in [0.25, 0.3) is 0 Å². The van der Waals surface area contributed by atoms with Gasteiger partial charge in [0.1, 0.15) is 5.82 Å². The van der Waals surface area contributed by atoms with E-state index in [9.17, 15) is 4.39 Å². The first-order chi connectivity index (χ1) is 7.16. The van der Waals surface area contributed by atoms with Crippen LogP contribution in [0.25, 0.3) is 0 Å². The van der Waals surface area contributed by atoms with Gasteiger partial charge in [0.05, 0.1) is 0 Å². The van der Waals surface area contributed by atoms with Crippen molar-refractivity contribution in [1.82, 2.24) is 0 Å². The fourth-order valence-corrected chi connectivity index (χ4v) is 3.39. The molecule has 0 aromatic heterocycles. The average Bonchev–Trinajstić information content (AvgIpc) is 2.58. The Labute approximate surface area is 107 Å². The fourth-order valence-electron chi connectivity index (χ4n) is 2.20. The van der Waals surface area contributed by atoms with Crippen molar-refractivity contribution in [2.75, 3.05) is 0 Å². The largest absolute Gasteiger partial charge is 0.207 e. The van der Waals surface area contributed by atoms with Crippen molar-refractivity contribution >= 4 is 31.9 Å². The lowest BCUT2D eigenvalue weighted by molar-refractivity contribution is 0.532. The lowest BCUT2D eigenvalue weighted by Crippen LogP contribution is -2.10. The number of hydrogen-bond donors (Lipinski definition) is 0. The van der Waals surface area contributed by atoms with Crippen LogP contribution >= 0.6 is 31.9 Å². The summed E-state index contributed by atoms with van der Waals surface area (Å²) in [6, 6.07) is 5.18. The molecule has 0 nitrogen and oxygen atoms in total. The summed E-state index contributed by atoms with van der Waals surface area (Å²) in [6.07, 6.45) is 4.54. The highest BCUT2D eigenvalue weighted by Crippen LogP contribution is 2.34. The van der Waals surface area contributed by atoms with Crippen molar-refractivity contribution in [2.24, 2.45) is 5.92 Å². The Hall–Kier alpha value is 0.110. The Morgan fingerprint density at radius 2 is 2.13 bits per heavy atom. The first kappa shape index (κ1) is 11.6. The van der Waals surface area contributed by atoms with Crippen LogP contribution in [0.5, 0.6) is 0 Å². The standard InChI is InChI=1S/C12H13Br2F/c13-10-4-5-12(15)9(7-10)6-8-2-1-3-11(8)14/h4-5,7-8,11H,1-3,6H2. The van der Waals surface area contributed by atoms with Crippen molar-refractivity contribution in [1.29, 1.82) is 0 Å². The Kier molecular flexibility index (Phi) is 3.83. The van der Waals surface area contributed by atoms with Crippen LogP contribution in [-0.2, 0) is 6.42 Å². The van der Waals surface area contributed by atoms with Crippen molar-refractivity contribution in [3.05, 3.63) is 34.1 Å². The third-order valence-electron chi connectivity index (χ3n) is 3.06. The molecule has 0 aliphatic heterocycles. The first-order valence-corrected chi connectivity index (χ1v) is 6.95. The van der Waals surface area contributed by atoms with Crippen molar-refractivity contribution in [2.45, 2.75) is 30.5 Å². The zero-order valence-electron chi connectivity index (χ0n) is 8.35. The van der Waals surface area contributed by atoms with Gasteiger partial charge in [0.15, 0.2) is 0 Å². The van der Waals surface area contributed by atoms with Crippen LogP contribution in [-0.4, -0.2) is 4.83 Å². The van der Waals surface area contributed by atoms with Gasteiger partial charge in [-0.05, 0) is 48.9 Å². The smallest absolute Gasteiger partial charge is 0.126 e. The Morgan fingerprint density at radius 1 is 1.33 bits per heavy atom. The van der Waals surface area contributed by atoms with Crippen LogP contribution < -0.4 is 0 Å². The van der Waals surface area contributed by atoms with E-state index in [1.54, 1.807) is 6.07 Å². The van der Waals surface area contributed by atoms with E-state index in [1.807, 2.05) is 6.07 Å². The Balaban J connectivity index is 2.12. The van der Waals surface area contributed by atoms with Gasteiger partial charge in [-0.1, -0.05) is 38.3 Å². The maximum atomic E-state index is 13.5. The van der Waals surface area contributed by atoms with Crippen molar-refractivity contribution < 1.29 is 4.39 Å². The monoisotopic (exact) mass is 334 g/mol. The second-order valence-corrected chi connectivity index (χ2v) is 6.24. The summed E-state index contributed by atoms with van der Waals surface area (Å²) >= 11 is 7.05. The molecule has 0 heterocycles. The van der Waals surface area contributed by atoms with E-state index in [2.05, 4.69) is 31.9 Å². The highest BCUT2D eigenvalue weighted by Gasteiger charge is 2.25. The molecular weight excluding hydrogens is 323 g/mol. The summed E-state index contributed by atoms with van der Waals surface area (Å²) in [4.78, 5) is 0.566. The maximum absolute atomic E-state index is 13.5. The Bertz CT molecular complexity index is 351. The summed E-state index contributed by atoms with van der Waals surface area (Å²) in [5.74, 6) is 0.513. The molecule has 1 aliphatic rings. The van der Waals surface area contributed by atoms with E-state index in [-0.39, 0.29) is 5.82 Å². The van der Waals surface area contributed by atoms with E-state index in [0.717, 1.165) is 16.5 Å². The summed E-state index contributed by atoms with van der Waals surface area (Å²) in [5.41, 5.74) is 0.834. The number of hydrogen-bond acceptors (Lipinski definition) is 0. The van der Waals surface area contributed by atoms with Crippen LogP contribution in [0, 0.1) is 11.7 Å². The van der Waals surface area contributed by atoms with E-state index < -0.39 is 0 Å². The number of rotatable bonds is 2. The third-order valence-corrected chi connectivity index (χ3v) is 4.75. The van der Waals surface area contributed by atoms with E-state index in [1.165, 1.54) is 25.3 Å². The van der Waals surface area contributed by atoms with Gasteiger partial charge in [0.2, 0.25) is 0 Å². The van der Waals surface area contributed by atoms with Crippen LogP contribution in [0.2, 0.25) is 0 Å². The fraction of sp³-hybridized carbons (Fsp3) is 0.500. The zero-order chi connectivity index (χ0) is 10.8. The molecule has 0 N–H and O–H groups in total. The van der Waals surface area contributed by atoms with Gasteiger partial charge in [-0.2, -0.15) is 0 Å². The van der Waals surface area contributed by atoms with Crippen LogP contribution in [0.1, 0.15) is 24.8 Å². The molecule has 1 aromatic carbocycles. The predicted octanol–water partition coefficient (Wildman–Crippen LogP) is 4.69. The second kappa shape index (κ2) is 4.96. The number of alkyl halides is 1. The van der Waals surface area contributed by atoms with Crippen molar-refractivity contribution in [3.63, 3.8) is 0 Å². The maximum Gasteiger partial charge on any atom is 0.126 e. The lowest BCUT2D eigenvalue weighted by atomic mass is 9.98. The molecule has 0 radical (unpaired) electrons. The summed E-state index contributed by atoms with van der Waals surface area (Å²) < 4.78 is 14.5. The van der Waals surface area contributed by atoms with Gasteiger partial charge in [-0.15, -0.1) is 0 Å². The normalized spacial score (nSPS) is 25.8. The molecular formula is C12H13Br2F. The summed E-state index contributed by atoms with van der Waals surface area (Å²) in [7, 11) is 0. The molecule has 2 rings (SSSR count). The van der Waals surface area contributed by atoms with Crippen LogP contribution in [0.15, 0.2) is 22.7 Å². The van der Waals surface area contributed by atoms with Gasteiger partial charge in [-0.3, -0.25) is 0 Å². The van der Waals surface area contributed by atoms with E-state index >= 15 is 0 Å². The highest BCUT2D eigenvalue weighted by atomic mass is 79.9. The molecule has 3 heteroatoms. The van der Waals surface area contributed by atoms with Crippen molar-refractivity contribution in [3.8, 4) is 0 Å². The van der Waals surface area contributed by atoms with Gasteiger partial charge in [-0.25, -0.2) is 4.39 Å². The lowest BCUT2D eigenvalue weighted by Gasteiger charge is -2.14. The number of halogens is 3. The minimum absolute atomic E-state index is 0.0789. The molecule has 1 saturated carbocycles. The molecule has 2 atom stereocenters. The molecule has 2 unspecified atom stereocenters. The first-order valence-electron chi connectivity index (χ1n) is 5.25. The molecule has 0 saturated heterocycles. The minimum atomic E-state index is -0.0789. The van der Waals surface area contributed by atoms with Gasteiger partial charge in [0, 0.05) is 9.30 Å². The topological polar surface area (TPSA) is 0 Å².